The predicted octanol–water partition coefficient (Wildman–Crippen LogP) is 4.19. The summed E-state index contributed by atoms with van der Waals surface area (Å²) in [5.74, 6) is -0.295. The summed E-state index contributed by atoms with van der Waals surface area (Å²) < 4.78 is 4.94. The highest BCUT2D eigenvalue weighted by molar-refractivity contribution is 5.82. The first kappa shape index (κ1) is 15.7. The molecular formula is C15H24O2. The van der Waals surface area contributed by atoms with E-state index in [2.05, 4.69) is 13.0 Å². The summed E-state index contributed by atoms with van der Waals surface area (Å²) in [7, 11) is 0. The molecule has 0 aliphatic heterocycles. The fraction of sp³-hybridized carbons (Fsp3) is 0.533. The van der Waals surface area contributed by atoms with Gasteiger partial charge in [0.05, 0.1) is 6.10 Å². The van der Waals surface area contributed by atoms with Gasteiger partial charge in [0.1, 0.15) is 0 Å². The number of esters is 1. The summed E-state index contributed by atoms with van der Waals surface area (Å²) in [5, 5.41) is 0. The second kappa shape index (κ2) is 11.2. The molecule has 17 heavy (non-hydrogen) atoms. The molecule has 2 heteroatoms. The average molecular weight is 236 g/mol. The Hall–Kier alpha value is -1.31. The lowest BCUT2D eigenvalue weighted by Gasteiger charge is -2.03. The van der Waals surface area contributed by atoms with Gasteiger partial charge in [0.15, 0.2) is 0 Å². The molecule has 0 aliphatic carbocycles. The zero-order valence-electron chi connectivity index (χ0n) is 11.2. The molecule has 0 saturated heterocycles. The largest absolute Gasteiger partial charge is 0.460 e. The predicted molar refractivity (Wildman–Crippen MR) is 72.8 cm³/mol. The highest BCUT2D eigenvalue weighted by Gasteiger charge is 1.97. The molecule has 0 heterocycles. The Balaban J connectivity index is 3.65. The minimum Gasteiger partial charge on any atom is -0.460 e. The van der Waals surface area contributed by atoms with E-state index in [1.807, 2.05) is 32.1 Å². The lowest BCUT2D eigenvalue weighted by molar-refractivity contribution is -0.141. The average Bonchev–Trinajstić information content (AvgIpc) is 2.26. The Morgan fingerprint density at radius 3 is 2.47 bits per heavy atom. The molecule has 0 aromatic rings. The van der Waals surface area contributed by atoms with E-state index < -0.39 is 0 Å². The SMILES string of the molecule is CCCCCC=CC=CC=CC(=O)OC(C)C. The molecule has 0 amide bonds. The normalized spacial score (nSPS) is 12.2. The molecule has 96 valence electrons. The Morgan fingerprint density at radius 2 is 1.82 bits per heavy atom. The van der Waals surface area contributed by atoms with Gasteiger partial charge in [-0.05, 0) is 26.7 Å². The van der Waals surface area contributed by atoms with Crippen LogP contribution in [0, 0.1) is 0 Å². The van der Waals surface area contributed by atoms with Crippen LogP contribution in [0.15, 0.2) is 36.5 Å². The molecule has 0 N–H and O–H groups in total. The molecule has 0 aliphatic rings. The third kappa shape index (κ3) is 12.6. The third-order valence-corrected chi connectivity index (χ3v) is 2.03. The highest BCUT2D eigenvalue weighted by atomic mass is 16.5. The van der Waals surface area contributed by atoms with Crippen molar-refractivity contribution in [1.82, 2.24) is 0 Å². The van der Waals surface area contributed by atoms with E-state index in [1.165, 1.54) is 25.3 Å². The van der Waals surface area contributed by atoms with Gasteiger partial charge in [-0.2, -0.15) is 0 Å². The van der Waals surface area contributed by atoms with Gasteiger partial charge in [-0.3, -0.25) is 0 Å². The van der Waals surface area contributed by atoms with Gasteiger partial charge in [-0.25, -0.2) is 4.79 Å². The Bertz CT molecular complexity index is 273. The summed E-state index contributed by atoms with van der Waals surface area (Å²) >= 11 is 0. The highest BCUT2D eigenvalue weighted by Crippen LogP contribution is 1.99. The summed E-state index contributed by atoms with van der Waals surface area (Å²) in [6.07, 6.45) is 15.9. The maximum Gasteiger partial charge on any atom is 0.330 e. The number of ether oxygens (including phenoxy) is 1. The van der Waals surface area contributed by atoms with Crippen LogP contribution in [-0.4, -0.2) is 12.1 Å². The molecule has 2 nitrogen and oxygen atoms in total. The number of hydrogen-bond donors (Lipinski definition) is 0. The van der Waals surface area contributed by atoms with Gasteiger partial charge in [0.2, 0.25) is 0 Å². The van der Waals surface area contributed by atoms with Crippen LogP contribution in [0.3, 0.4) is 0 Å². The van der Waals surface area contributed by atoms with E-state index in [0.717, 1.165) is 6.42 Å². The fourth-order valence-corrected chi connectivity index (χ4v) is 1.22. The topological polar surface area (TPSA) is 26.3 Å². The molecule has 0 fully saturated rings. The molecule has 0 radical (unpaired) electrons. The van der Waals surface area contributed by atoms with E-state index >= 15 is 0 Å². The molecule has 0 spiro atoms. The van der Waals surface area contributed by atoms with Crippen LogP contribution < -0.4 is 0 Å². The van der Waals surface area contributed by atoms with Crippen molar-refractivity contribution >= 4 is 5.97 Å². The van der Waals surface area contributed by atoms with Crippen LogP contribution in [0.4, 0.5) is 0 Å². The van der Waals surface area contributed by atoms with Crippen LogP contribution in [-0.2, 0) is 9.53 Å². The van der Waals surface area contributed by atoms with Crippen molar-refractivity contribution in [3.8, 4) is 0 Å². The van der Waals surface area contributed by atoms with E-state index in [1.54, 1.807) is 6.08 Å². The zero-order valence-corrected chi connectivity index (χ0v) is 11.2. The van der Waals surface area contributed by atoms with Crippen molar-refractivity contribution in [3.05, 3.63) is 36.5 Å². The number of carbonyl (C=O) groups excluding carboxylic acids is 1. The molecule has 0 bridgehead atoms. The van der Waals surface area contributed by atoms with E-state index in [-0.39, 0.29) is 12.1 Å². The standard InChI is InChI=1S/C15H24O2/c1-4-5-6-7-8-9-10-11-12-13-15(16)17-14(2)3/h8-14H,4-7H2,1-3H3. The van der Waals surface area contributed by atoms with Gasteiger partial charge in [-0.15, -0.1) is 0 Å². The quantitative estimate of drug-likeness (QED) is 0.273. The van der Waals surface area contributed by atoms with Crippen LogP contribution in [0.5, 0.6) is 0 Å². The summed E-state index contributed by atoms with van der Waals surface area (Å²) in [6, 6.07) is 0. The molecule has 0 aromatic carbocycles. The van der Waals surface area contributed by atoms with Crippen molar-refractivity contribution in [3.63, 3.8) is 0 Å². The van der Waals surface area contributed by atoms with Crippen molar-refractivity contribution in [1.29, 1.82) is 0 Å². The van der Waals surface area contributed by atoms with Crippen molar-refractivity contribution in [2.45, 2.75) is 52.6 Å². The second-order valence-corrected chi connectivity index (χ2v) is 4.15. The Labute approximate surface area is 105 Å². The summed E-state index contributed by atoms with van der Waals surface area (Å²) in [6.45, 7) is 5.87. The minimum absolute atomic E-state index is 0.0606. The number of allylic oxidation sites excluding steroid dienone is 5. The zero-order chi connectivity index (χ0) is 12.9. The van der Waals surface area contributed by atoms with Crippen LogP contribution in [0.25, 0.3) is 0 Å². The van der Waals surface area contributed by atoms with Crippen LogP contribution in [0.1, 0.15) is 46.5 Å². The lowest BCUT2D eigenvalue weighted by atomic mass is 10.2. The fourth-order valence-electron chi connectivity index (χ4n) is 1.22. The molecule has 0 unspecified atom stereocenters. The smallest absolute Gasteiger partial charge is 0.330 e. The molecule has 0 aromatic heterocycles. The molecule has 0 atom stereocenters. The third-order valence-electron chi connectivity index (χ3n) is 2.03. The van der Waals surface area contributed by atoms with Crippen molar-refractivity contribution in [2.75, 3.05) is 0 Å². The number of hydrogen-bond acceptors (Lipinski definition) is 2. The minimum atomic E-state index is -0.295. The first-order valence-electron chi connectivity index (χ1n) is 6.37. The number of rotatable bonds is 8. The molecule has 0 rings (SSSR count). The summed E-state index contributed by atoms with van der Waals surface area (Å²) in [5.41, 5.74) is 0. The monoisotopic (exact) mass is 236 g/mol. The lowest BCUT2D eigenvalue weighted by Crippen LogP contribution is -2.08. The first-order chi connectivity index (χ1) is 8.16. The van der Waals surface area contributed by atoms with Gasteiger partial charge in [0.25, 0.3) is 0 Å². The van der Waals surface area contributed by atoms with Gasteiger partial charge < -0.3 is 4.74 Å². The molecule has 0 saturated carbocycles. The van der Waals surface area contributed by atoms with E-state index in [4.69, 9.17) is 4.74 Å². The number of unbranched alkanes of at least 4 members (excludes halogenated alkanes) is 3. The first-order valence-corrected chi connectivity index (χ1v) is 6.37. The van der Waals surface area contributed by atoms with E-state index in [0.29, 0.717) is 0 Å². The van der Waals surface area contributed by atoms with Gasteiger partial charge >= 0.3 is 5.97 Å². The maximum atomic E-state index is 11.1. The van der Waals surface area contributed by atoms with Crippen molar-refractivity contribution in [2.24, 2.45) is 0 Å². The maximum absolute atomic E-state index is 11.1. The van der Waals surface area contributed by atoms with E-state index in [9.17, 15) is 4.79 Å². The van der Waals surface area contributed by atoms with Gasteiger partial charge in [-0.1, -0.05) is 50.1 Å². The van der Waals surface area contributed by atoms with Gasteiger partial charge in [0, 0.05) is 6.08 Å². The second-order valence-electron chi connectivity index (χ2n) is 4.15. The molecular weight excluding hydrogens is 212 g/mol. The van der Waals surface area contributed by atoms with Crippen molar-refractivity contribution < 1.29 is 9.53 Å². The number of carbonyl (C=O) groups is 1. The van der Waals surface area contributed by atoms with Crippen LogP contribution >= 0.6 is 0 Å². The Kier molecular flexibility index (Phi) is 10.3. The van der Waals surface area contributed by atoms with Crippen LogP contribution in [0.2, 0.25) is 0 Å². The Morgan fingerprint density at radius 1 is 1.12 bits per heavy atom. The summed E-state index contributed by atoms with van der Waals surface area (Å²) in [4.78, 5) is 11.1.